The fourth-order valence-electron chi connectivity index (χ4n) is 1.67. The Hall–Kier alpha value is -1.44. The molecule has 0 unspecified atom stereocenters. The lowest BCUT2D eigenvalue weighted by Gasteiger charge is -2.08. The Morgan fingerprint density at radius 2 is 2.00 bits per heavy atom. The van der Waals surface area contributed by atoms with Gasteiger partial charge in [-0.1, -0.05) is 32.0 Å². The summed E-state index contributed by atoms with van der Waals surface area (Å²) in [5, 5.41) is 7.56. The van der Waals surface area contributed by atoms with Crippen molar-refractivity contribution in [3.63, 3.8) is 0 Å². The average Bonchev–Trinajstić information content (AvgIpc) is 2.28. The summed E-state index contributed by atoms with van der Waals surface area (Å²) in [6.45, 7) is 9.67. The van der Waals surface area contributed by atoms with E-state index >= 15 is 0 Å². The van der Waals surface area contributed by atoms with Crippen LogP contribution in [0.4, 0.5) is 0 Å². The van der Waals surface area contributed by atoms with Gasteiger partial charge in [-0.25, -0.2) is 0 Å². The van der Waals surface area contributed by atoms with E-state index in [2.05, 4.69) is 49.0 Å². The van der Waals surface area contributed by atoms with Crippen molar-refractivity contribution in [1.82, 2.24) is 0 Å². The van der Waals surface area contributed by atoms with Crippen LogP contribution in [-0.2, 0) is 12.8 Å². The number of aryl methyl sites for hydroxylation is 2. The number of hydrogen-bond acceptors (Lipinski definition) is 2. The van der Waals surface area contributed by atoms with Gasteiger partial charge in [0.15, 0.2) is 0 Å². The van der Waals surface area contributed by atoms with E-state index in [0.29, 0.717) is 0 Å². The van der Waals surface area contributed by atoms with Gasteiger partial charge in [-0.2, -0.15) is 10.2 Å². The number of rotatable bonds is 4. The fourth-order valence-corrected chi connectivity index (χ4v) is 1.67. The van der Waals surface area contributed by atoms with Crippen molar-refractivity contribution in [2.75, 3.05) is 0 Å². The molecule has 0 aliphatic rings. The first-order chi connectivity index (χ1) is 7.22. The molecular formula is C13H18N2. The second-order valence-corrected chi connectivity index (χ2v) is 3.53. The zero-order valence-corrected chi connectivity index (χ0v) is 9.75. The number of hydrogen-bond donors (Lipinski definition) is 0. The molecule has 0 aliphatic heterocycles. The summed E-state index contributed by atoms with van der Waals surface area (Å²) in [7, 11) is 0. The van der Waals surface area contributed by atoms with Crippen LogP contribution < -0.4 is 0 Å². The molecule has 0 atom stereocenters. The summed E-state index contributed by atoms with van der Waals surface area (Å²) < 4.78 is 0. The maximum absolute atomic E-state index is 3.99. The Balaban J connectivity index is 3.18. The van der Waals surface area contributed by atoms with E-state index in [0.717, 1.165) is 18.6 Å². The van der Waals surface area contributed by atoms with E-state index in [-0.39, 0.29) is 0 Å². The molecule has 1 aromatic carbocycles. The Bertz CT molecular complexity index is 378. The van der Waals surface area contributed by atoms with Gasteiger partial charge in [-0.3, -0.25) is 0 Å². The molecule has 0 saturated carbocycles. The predicted molar refractivity (Wildman–Crippen MR) is 67.0 cm³/mol. The highest BCUT2D eigenvalue weighted by Gasteiger charge is 2.04. The second-order valence-electron chi connectivity index (χ2n) is 3.53. The van der Waals surface area contributed by atoms with Crippen molar-refractivity contribution in [1.29, 1.82) is 0 Å². The molecule has 0 spiro atoms. The largest absolute Gasteiger partial charge is 0.167 e. The Labute approximate surface area is 91.7 Å². The predicted octanol–water partition coefficient (Wildman–Crippen LogP) is 3.24. The van der Waals surface area contributed by atoms with Crippen LogP contribution in [0.15, 0.2) is 28.4 Å². The Morgan fingerprint density at radius 3 is 2.53 bits per heavy atom. The zero-order chi connectivity index (χ0) is 11.3. The smallest absolute Gasteiger partial charge is 0.0674 e. The zero-order valence-electron chi connectivity index (χ0n) is 9.75. The van der Waals surface area contributed by atoms with Gasteiger partial charge in [-0.15, -0.1) is 0 Å². The van der Waals surface area contributed by atoms with Gasteiger partial charge < -0.3 is 0 Å². The van der Waals surface area contributed by atoms with E-state index in [9.17, 15) is 0 Å². The molecule has 0 saturated heterocycles. The first-order valence-electron chi connectivity index (χ1n) is 5.35. The van der Waals surface area contributed by atoms with Crippen molar-refractivity contribution >= 4 is 12.4 Å². The third-order valence-corrected chi connectivity index (χ3v) is 2.57. The third-order valence-electron chi connectivity index (χ3n) is 2.57. The minimum atomic E-state index is 0.935. The lowest BCUT2D eigenvalue weighted by molar-refractivity contribution is 1.08. The van der Waals surface area contributed by atoms with Gasteiger partial charge in [-0.05, 0) is 30.9 Å². The Kier molecular flexibility index (Phi) is 4.22. The summed E-state index contributed by atoms with van der Waals surface area (Å²) in [6.07, 6.45) is 2.09. The summed E-state index contributed by atoms with van der Waals surface area (Å²) in [4.78, 5) is 0. The molecule has 2 heteroatoms. The van der Waals surface area contributed by atoms with Crippen LogP contribution in [0.2, 0.25) is 0 Å². The lowest BCUT2D eigenvalue weighted by Crippen LogP contribution is -2.01. The van der Waals surface area contributed by atoms with Crippen molar-refractivity contribution in [2.24, 2.45) is 10.2 Å². The molecule has 15 heavy (non-hydrogen) atoms. The first-order valence-corrected chi connectivity index (χ1v) is 5.35. The molecule has 0 aliphatic carbocycles. The van der Waals surface area contributed by atoms with Crippen molar-refractivity contribution in [3.8, 4) is 0 Å². The van der Waals surface area contributed by atoms with Crippen LogP contribution in [0.5, 0.6) is 0 Å². The molecule has 0 bridgehead atoms. The van der Waals surface area contributed by atoms with E-state index in [1.807, 2.05) is 6.92 Å². The molecule has 1 aromatic rings. The molecule has 1 rings (SSSR count). The van der Waals surface area contributed by atoms with Crippen LogP contribution in [0.1, 0.15) is 37.5 Å². The second kappa shape index (κ2) is 5.44. The van der Waals surface area contributed by atoms with E-state index < -0.39 is 0 Å². The molecule has 2 nitrogen and oxygen atoms in total. The van der Waals surface area contributed by atoms with E-state index in [4.69, 9.17) is 0 Å². The quantitative estimate of drug-likeness (QED) is 0.529. The maximum Gasteiger partial charge on any atom is 0.0674 e. The normalized spacial score (nSPS) is 11.5. The minimum Gasteiger partial charge on any atom is -0.167 e. The molecule has 0 N–H and O–H groups in total. The van der Waals surface area contributed by atoms with Gasteiger partial charge in [0.05, 0.1) is 5.71 Å². The summed E-state index contributed by atoms with van der Waals surface area (Å²) in [6, 6.07) is 6.52. The van der Waals surface area contributed by atoms with Crippen LogP contribution in [0, 0.1) is 0 Å². The first kappa shape index (κ1) is 11.6. The summed E-state index contributed by atoms with van der Waals surface area (Å²) >= 11 is 0. The number of benzene rings is 1. The topological polar surface area (TPSA) is 24.7 Å². The van der Waals surface area contributed by atoms with Crippen molar-refractivity contribution in [3.05, 3.63) is 34.9 Å². The molecule has 0 amide bonds. The fraction of sp³-hybridized carbons (Fsp3) is 0.385. The van der Waals surface area contributed by atoms with Gasteiger partial charge in [0, 0.05) is 12.3 Å². The highest BCUT2D eigenvalue weighted by Crippen LogP contribution is 2.14. The van der Waals surface area contributed by atoms with Crippen LogP contribution in [-0.4, -0.2) is 12.4 Å². The lowest BCUT2D eigenvalue weighted by atomic mass is 9.98. The summed E-state index contributed by atoms with van der Waals surface area (Å²) in [5.41, 5.74) is 4.82. The minimum absolute atomic E-state index is 0.935. The van der Waals surface area contributed by atoms with Crippen LogP contribution in [0.3, 0.4) is 0 Å². The number of nitrogens with zero attached hydrogens (tertiary/aromatic N) is 2. The van der Waals surface area contributed by atoms with Crippen LogP contribution >= 0.6 is 0 Å². The molecule has 0 fully saturated rings. The average molecular weight is 202 g/mol. The van der Waals surface area contributed by atoms with Crippen molar-refractivity contribution < 1.29 is 0 Å². The van der Waals surface area contributed by atoms with Gasteiger partial charge in [0.2, 0.25) is 0 Å². The Morgan fingerprint density at radius 1 is 1.27 bits per heavy atom. The SMILES string of the molecule is C=N/N=C(\C)c1ccc(CC)cc1CC. The monoisotopic (exact) mass is 202 g/mol. The van der Waals surface area contributed by atoms with Gasteiger partial charge in [0.25, 0.3) is 0 Å². The van der Waals surface area contributed by atoms with E-state index in [1.165, 1.54) is 16.7 Å². The van der Waals surface area contributed by atoms with E-state index in [1.54, 1.807) is 0 Å². The molecule has 0 radical (unpaired) electrons. The van der Waals surface area contributed by atoms with Gasteiger partial charge >= 0.3 is 0 Å². The highest BCUT2D eigenvalue weighted by molar-refractivity contribution is 6.00. The van der Waals surface area contributed by atoms with Gasteiger partial charge in [0.1, 0.15) is 0 Å². The molecule has 80 valence electrons. The molecular weight excluding hydrogens is 184 g/mol. The highest BCUT2D eigenvalue weighted by atomic mass is 15.2. The molecule has 0 aromatic heterocycles. The third kappa shape index (κ3) is 2.75. The van der Waals surface area contributed by atoms with Crippen LogP contribution in [0.25, 0.3) is 0 Å². The maximum atomic E-state index is 3.99. The summed E-state index contributed by atoms with van der Waals surface area (Å²) in [5.74, 6) is 0. The van der Waals surface area contributed by atoms with Crippen molar-refractivity contribution in [2.45, 2.75) is 33.6 Å². The molecule has 0 heterocycles. The standard InChI is InChI=1S/C13H18N2/c1-5-11-7-8-13(10(3)15-14-4)12(6-2)9-11/h7-9H,4-6H2,1-3H3/b15-10+.